The number of rotatable bonds is 1. The topological polar surface area (TPSA) is 62.5 Å². The molecule has 6 heteroatoms. The van der Waals surface area contributed by atoms with E-state index in [0.29, 0.717) is 32.0 Å². The molecule has 0 aliphatic carbocycles. The summed E-state index contributed by atoms with van der Waals surface area (Å²) >= 11 is 0. The van der Waals surface area contributed by atoms with Crippen molar-refractivity contribution in [2.45, 2.75) is 0 Å². The van der Waals surface area contributed by atoms with Crippen LogP contribution in [0.4, 0.5) is 15.0 Å². The zero-order chi connectivity index (χ0) is 11.5. The average Bonchev–Trinajstić information content (AvgIpc) is 2.30. The maximum absolute atomic E-state index is 13.4. The molecule has 1 aliphatic heterocycles. The lowest BCUT2D eigenvalue weighted by Crippen LogP contribution is -2.50. The van der Waals surface area contributed by atoms with E-state index in [4.69, 9.17) is 5.73 Å². The molecule has 2 amide bonds. The van der Waals surface area contributed by atoms with Gasteiger partial charge in [-0.15, -0.1) is 0 Å². The van der Waals surface area contributed by atoms with Crippen LogP contribution in [0.3, 0.4) is 0 Å². The molecular formula is C10H13FN4O. The minimum absolute atomic E-state index is 0.338. The summed E-state index contributed by atoms with van der Waals surface area (Å²) in [5, 5.41) is 0. The molecule has 2 heterocycles. The number of hydrogen-bond donors (Lipinski definition) is 1. The van der Waals surface area contributed by atoms with Crippen LogP contribution in [0.25, 0.3) is 0 Å². The number of pyridine rings is 1. The first kappa shape index (κ1) is 10.7. The van der Waals surface area contributed by atoms with Crippen molar-refractivity contribution >= 4 is 11.8 Å². The van der Waals surface area contributed by atoms with Crippen molar-refractivity contribution in [2.75, 3.05) is 31.1 Å². The van der Waals surface area contributed by atoms with Crippen LogP contribution in [0.5, 0.6) is 0 Å². The standard InChI is InChI=1S/C10H13FN4O/c11-8-2-1-3-13-9(8)14-4-6-15(7-5-14)10(12)16/h1-3H,4-7H2,(H2,12,16). The Labute approximate surface area is 92.7 Å². The molecule has 0 saturated carbocycles. The molecule has 0 radical (unpaired) electrons. The zero-order valence-electron chi connectivity index (χ0n) is 8.77. The van der Waals surface area contributed by atoms with Crippen molar-refractivity contribution in [2.24, 2.45) is 5.73 Å². The van der Waals surface area contributed by atoms with Crippen molar-refractivity contribution in [3.63, 3.8) is 0 Å². The lowest BCUT2D eigenvalue weighted by atomic mass is 10.3. The van der Waals surface area contributed by atoms with Gasteiger partial charge in [-0.25, -0.2) is 14.2 Å². The summed E-state index contributed by atoms with van der Waals surface area (Å²) in [5.41, 5.74) is 5.16. The second-order valence-corrected chi connectivity index (χ2v) is 3.62. The Hall–Kier alpha value is -1.85. The summed E-state index contributed by atoms with van der Waals surface area (Å²) in [6.45, 7) is 2.12. The molecule has 1 saturated heterocycles. The molecular weight excluding hydrogens is 211 g/mol. The molecule has 0 unspecified atom stereocenters. The van der Waals surface area contributed by atoms with Crippen molar-refractivity contribution in [3.05, 3.63) is 24.1 Å². The highest BCUT2D eigenvalue weighted by Gasteiger charge is 2.21. The fourth-order valence-electron chi connectivity index (χ4n) is 1.75. The molecule has 5 nitrogen and oxygen atoms in total. The first-order valence-corrected chi connectivity index (χ1v) is 5.08. The van der Waals surface area contributed by atoms with E-state index in [0.717, 1.165) is 0 Å². The van der Waals surface area contributed by atoms with E-state index >= 15 is 0 Å². The Morgan fingerprint density at radius 2 is 2.06 bits per heavy atom. The third-order valence-corrected chi connectivity index (χ3v) is 2.63. The number of aromatic nitrogens is 1. The molecule has 1 aromatic heterocycles. The predicted molar refractivity (Wildman–Crippen MR) is 57.6 cm³/mol. The Bertz CT molecular complexity index is 390. The van der Waals surface area contributed by atoms with E-state index in [1.54, 1.807) is 12.3 Å². The van der Waals surface area contributed by atoms with Gasteiger partial charge in [0.2, 0.25) is 0 Å². The number of primary amides is 1. The highest BCUT2D eigenvalue weighted by molar-refractivity contribution is 5.72. The summed E-state index contributed by atoms with van der Waals surface area (Å²) in [6.07, 6.45) is 1.55. The molecule has 16 heavy (non-hydrogen) atoms. The molecule has 2 N–H and O–H groups in total. The van der Waals surface area contributed by atoms with E-state index in [1.165, 1.54) is 11.0 Å². The number of piperazine rings is 1. The minimum atomic E-state index is -0.429. The third-order valence-electron chi connectivity index (χ3n) is 2.63. The lowest BCUT2D eigenvalue weighted by Gasteiger charge is -2.34. The van der Waals surface area contributed by atoms with Gasteiger partial charge in [-0.3, -0.25) is 0 Å². The number of urea groups is 1. The highest BCUT2D eigenvalue weighted by atomic mass is 19.1. The number of nitrogens with two attached hydrogens (primary N) is 1. The van der Waals surface area contributed by atoms with E-state index < -0.39 is 6.03 Å². The van der Waals surface area contributed by atoms with E-state index in [1.807, 2.05) is 4.90 Å². The monoisotopic (exact) mass is 224 g/mol. The van der Waals surface area contributed by atoms with Gasteiger partial charge in [0, 0.05) is 32.4 Å². The lowest BCUT2D eigenvalue weighted by molar-refractivity contribution is 0.204. The predicted octanol–water partition coefficient (Wildman–Crippen LogP) is 0.421. The molecule has 2 rings (SSSR count). The molecule has 1 aromatic rings. The van der Waals surface area contributed by atoms with Crippen LogP contribution >= 0.6 is 0 Å². The molecule has 1 fully saturated rings. The molecule has 0 spiro atoms. The summed E-state index contributed by atoms with van der Waals surface area (Å²) in [7, 11) is 0. The number of carbonyl (C=O) groups is 1. The molecule has 86 valence electrons. The van der Waals surface area contributed by atoms with Crippen molar-refractivity contribution in [3.8, 4) is 0 Å². The Morgan fingerprint density at radius 1 is 1.38 bits per heavy atom. The highest BCUT2D eigenvalue weighted by Crippen LogP contribution is 2.16. The molecule has 0 aromatic carbocycles. The van der Waals surface area contributed by atoms with Gasteiger partial charge < -0.3 is 15.5 Å². The van der Waals surface area contributed by atoms with Gasteiger partial charge in [0.15, 0.2) is 11.6 Å². The normalized spacial score (nSPS) is 16.3. The summed E-state index contributed by atoms with van der Waals surface area (Å²) in [4.78, 5) is 18.2. The van der Waals surface area contributed by atoms with Crippen LogP contribution in [-0.4, -0.2) is 42.1 Å². The fourth-order valence-corrected chi connectivity index (χ4v) is 1.75. The van der Waals surface area contributed by atoms with Gasteiger partial charge in [0.1, 0.15) is 0 Å². The quantitative estimate of drug-likeness (QED) is 0.752. The summed E-state index contributed by atoms with van der Waals surface area (Å²) in [5.74, 6) is 0.00152. The number of amides is 2. The van der Waals surface area contributed by atoms with Gasteiger partial charge in [0.25, 0.3) is 0 Å². The molecule has 0 atom stereocenters. The first-order valence-electron chi connectivity index (χ1n) is 5.08. The largest absolute Gasteiger partial charge is 0.351 e. The van der Waals surface area contributed by atoms with Gasteiger partial charge >= 0.3 is 6.03 Å². The molecule has 1 aliphatic rings. The maximum Gasteiger partial charge on any atom is 0.314 e. The van der Waals surface area contributed by atoms with Crippen molar-refractivity contribution in [1.82, 2.24) is 9.88 Å². The number of anilines is 1. The van der Waals surface area contributed by atoms with Crippen molar-refractivity contribution in [1.29, 1.82) is 0 Å². The van der Waals surface area contributed by atoms with E-state index in [-0.39, 0.29) is 5.82 Å². The van der Waals surface area contributed by atoms with Crippen LogP contribution in [0.1, 0.15) is 0 Å². The zero-order valence-corrected chi connectivity index (χ0v) is 8.77. The maximum atomic E-state index is 13.4. The second kappa shape index (κ2) is 4.34. The molecule has 0 bridgehead atoms. The minimum Gasteiger partial charge on any atom is -0.351 e. The third kappa shape index (κ3) is 2.05. The summed E-state index contributed by atoms with van der Waals surface area (Å²) < 4.78 is 13.4. The Balaban J connectivity index is 2.05. The average molecular weight is 224 g/mol. The van der Waals surface area contributed by atoms with Crippen LogP contribution in [0.2, 0.25) is 0 Å². The number of hydrogen-bond acceptors (Lipinski definition) is 3. The van der Waals surface area contributed by atoms with Crippen LogP contribution < -0.4 is 10.6 Å². The van der Waals surface area contributed by atoms with Gasteiger partial charge in [-0.1, -0.05) is 0 Å². The van der Waals surface area contributed by atoms with Gasteiger partial charge in [0.05, 0.1) is 0 Å². The van der Waals surface area contributed by atoms with Crippen molar-refractivity contribution < 1.29 is 9.18 Å². The summed E-state index contributed by atoms with van der Waals surface area (Å²) in [6, 6.07) is 2.50. The van der Waals surface area contributed by atoms with E-state index in [9.17, 15) is 9.18 Å². The van der Waals surface area contributed by atoms with Crippen LogP contribution in [-0.2, 0) is 0 Å². The first-order chi connectivity index (χ1) is 7.68. The van der Waals surface area contributed by atoms with Gasteiger partial charge in [-0.2, -0.15) is 0 Å². The Kier molecular flexibility index (Phi) is 2.89. The second-order valence-electron chi connectivity index (χ2n) is 3.62. The Morgan fingerprint density at radius 3 is 2.62 bits per heavy atom. The van der Waals surface area contributed by atoms with Gasteiger partial charge in [-0.05, 0) is 12.1 Å². The fraction of sp³-hybridized carbons (Fsp3) is 0.400. The van der Waals surface area contributed by atoms with Crippen LogP contribution in [0, 0.1) is 5.82 Å². The SMILES string of the molecule is NC(=O)N1CCN(c2ncccc2F)CC1. The number of halogens is 1. The van der Waals surface area contributed by atoms with Crippen LogP contribution in [0.15, 0.2) is 18.3 Å². The van der Waals surface area contributed by atoms with E-state index in [2.05, 4.69) is 4.98 Å². The number of carbonyl (C=O) groups excluding carboxylic acids is 1. The number of nitrogens with zero attached hydrogens (tertiary/aromatic N) is 3. The smallest absolute Gasteiger partial charge is 0.314 e.